The molecule has 1 aromatic rings. The smallest absolute Gasteiger partial charge is 0.147 e. The number of rotatable bonds is 5. The van der Waals surface area contributed by atoms with Crippen LogP contribution in [0, 0.1) is 5.41 Å². The third kappa shape index (κ3) is 2.78. The van der Waals surface area contributed by atoms with Crippen molar-refractivity contribution in [3.8, 4) is 0 Å². The Balaban J connectivity index is 2.03. The molecule has 110 valence electrons. The average Bonchev–Trinajstić information content (AvgIpc) is 2.47. The van der Waals surface area contributed by atoms with Crippen molar-refractivity contribution in [2.75, 3.05) is 6.54 Å². The van der Waals surface area contributed by atoms with Gasteiger partial charge < -0.3 is 21.4 Å². The number of oxime groups is 1. The molecule has 5 nitrogen and oxygen atoms in total. The highest BCUT2D eigenvalue weighted by Gasteiger charge is 2.47. The minimum Gasteiger partial charge on any atom is -0.409 e. The maximum Gasteiger partial charge on any atom is 0.147 e. The molecule has 0 radical (unpaired) electrons. The molecule has 1 fully saturated rings. The topological polar surface area (TPSA) is 90.9 Å². The summed E-state index contributed by atoms with van der Waals surface area (Å²) >= 11 is 0. The molecule has 0 bridgehead atoms. The summed E-state index contributed by atoms with van der Waals surface area (Å²) in [5.74, 6) is 0.0242. The molecule has 5 N–H and O–H groups in total. The van der Waals surface area contributed by atoms with Crippen molar-refractivity contribution < 1.29 is 10.3 Å². The Labute approximate surface area is 119 Å². The van der Waals surface area contributed by atoms with Crippen molar-refractivity contribution in [3.05, 3.63) is 35.9 Å². The predicted octanol–water partition coefficient (Wildman–Crippen LogP) is 1.27. The molecule has 0 spiro atoms. The Bertz CT molecular complexity index is 473. The number of amidine groups is 1. The first-order chi connectivity index (χ1) is 9.46. The molecule has 1 aromatic carbocycles. The lowest BCUT2D eigenvalue weighted by Crippen LogP contribution is -2.60. The van der Waals surface area contributed by atoms with E-state index in [1.54, 1.807) is 0 Å². The number of hydrogen-bond donors (Lipinski definition) is 4. The van der Waals surface area contributed by atoms with Crippen molar-refractivity contribution in [2.45, 2.75) is 38.3 Å². The van der Waals surface area contributed by atoms with E-state index >= 15 is 0 Å². The highest BCUT2D eigenvalue weighted by Crippen LogP contribution is 2.40. The molecule has 3 unspecified atom stereocenters. The van der Waals surface area contributed by atoms with Gasteiger partial charge >= 0.3 is 0 Å². The first-order valence-corrected chi connectivity index (χ1v) is 6.90. The summed E-state index contributed by atoms with van der Waals surface area (Å²) in [4.78, 5) is 0. The summed E-state index contributed by atoms with van der Waals surface area (Å²) in [6.07, 6.45) is 0.476. The number of aliphatic hydroxyl groups excluding tert-OH is 1. The van der Waals surface area contributed by atoms with Crippen LogP contribution in [-0.4, -0.2) is 34.8 Å². The number of hydrogen-bond acceptors (Lipinski definition) is 4. The van der Waals surface area contributed by atoms with E-state index in [1.165, 1.54) is 0 Å². The Kier molecular flexibility index (Phi) is 4.30. The Morgan fingerprint density at radius 1 is 1.45 bits per heavy atom. The van der Waals surface area contributed by atoms with Gasteiger partial charge in [0.2, 0.25) is 0 Å². The molecule has 1 saturated carbocycles. The zero-order valence-corrected chi connectivity index (χ0v) is 12.0. The number of aliphatic hydroxyl groups is 1. The van der Waals surface area contributed by atoms with Gasteiger partial charge in [-0.3, -0.25) is 0 Å². The molecule has 0 amide bonds. The van der Waals surface area contributed by atoms with Crippen LogP contribution in [0.2, 0.25) is 0 Å². The van der Waals surface area contributed by atoms with Gasteiger partial charge in [0.25, 0.3) is 0 Å². The maximum absolute atomic E-state index is 9.76. The lowest BCUT2D eigenvalue weighted by Gasteiger charge is -2.50. The highest BCUT2D eigenvalue weighted by atomic mass is 16.4. The zero-order valence-electron chi connectivity index (χ0n) is 12.0. The molecule has 20 heavy (non-hydrogen) atoms. The normalized spacial score (nSPS) is 26.9. The van der Waals surface area contributed by atoms with Gasteiger partial charge in [-0.1, -0.05) is 49.3 Å². The van der Waals surface area contributed by atoms with Gasteiger partial charge in [-0.15, -0.1) is 0 Å². The van der Waals surface area contributed by atoms with Gasteiger partial charge in [-0.2, -0.15) is 0 Å². The van der Waals surface area contributed by atoms with E-state index in [2.05, 4.69) is 10.5 Å². The number of nitrogens with one attached hydrogen (secondary N) is 1. The SMILES string of the molecule is CC1(C)C(O)CC1NCC(/C(N)=N/O)c1ccccc1. The van der Waals surface area contributed by atoms with Gasteiger partial charge in [0.1, 0.15) is 5.84 Å². The van der Waals surface area contributed by atoms with Crippen molar-refractivity contribution in [1.29, 1.82) is 0 Å². The summed E-state index contributed by atoms with van der Waals surface area (Å²) in [5.41, 5.74) is 6.68. The standard InChI is InChI=1S/C15H23N3O2/c1-15(2)12(8-13(15)19)17-9-11(14(16)18-20)10-6-4-3-5-7-10/h3-7,11-13,17,19-20H,8-9H2,1-2H3,(H2,16,18). The third-order valence-electron chi connectivity index (χ3n) is 4.46. The van der Waals surface area contributed by atoms with Crippen molar-refractivity contribution in [2.24, 2.45) is 16.3 Å². The fraction of sp³-hybridized carbons (Fsp3) is 0.533. The van der Waals surface area contributed by atoms with Crippen molar-refractivity contribution >= 4 is 5.84 Å². The molecule has 3 atom stereocenters. The molecule has 1 aliphatic carbocycles. The van der Waals surface area contributed by atoms with E-state index in [0.717, 1.165) is 12.0 Å². The van der Waals surface area contributed by atoms with E-state index in [4.69, 9.17) is 10.9 Å². The molecule has 2 rings (SSSR count). The zero-order chi connectivity index (χ0) is 14.8. The fourth-order valence-electron chi connectivity index (χ4n) is 2.66. The monoisotopic (exact) mass is 277 g/mol. The van der Waals surface area contributed by atoms with E-state index < -0.39 is 0 Å². The van der Waals surface area contributed by atoms with Gasteiger partial charge in [0, 0.05) is 18.0 Å². The predicted molar refractivity (Wildman–Crippen MR) is 78.8 cm³/mol. The fourth-order valence-corrected chi connectivity index (χ4v) is 2.66. The lowest BCUT2D eigenvalue weighted by atomic mass is 9.64. The largest absolute Gasteiger partial charge is 0.409 e. The van der Waals surface area contributed by atoms with Crippen LogP contribution in [0.25, 0.3) is 0 Å². The van der Waals surface area contributed by atoms with Crippen LogP contribution in [0.4, 0.5) is 0 Å². The molecule has 5 heteroatoms. The first-order valence-electron chi connectivity index (χ1n) is 6.90. The second-order valence-electron chi connectivity index (χ2n) is 6.02. The Morgan fingerprint density at radius 3 is 2.60 bits per heavy atom. The lowest BCUT2D eigenvalue weighted by molar-refractivity contribution is -0.0722. The van der Waals surface area contributed by atoms with Gasteiger partial charge in [-0.05, 0) is 12.0 Å². The van der Waals surface area contributed by atoms with E-state index in [1.807, 2.05) is 44.2 Å². The van der Waals surface area contributed by atoms with Gasteiger partial charge in [0.15, 0.2) is 0 Å². The molecule has 0 saturated heterocycles. The van der Waals surface area contributed by atoms with Crippen LogP contribution in [0.5, 0.6) is 0 Å². The number of nitrogens with two attached hydrogens (primary N) is 1. The van der Waals surface area contributed by atoms with Crippen LogP contribution < -0.4 is 11.1 Å². The van der Waals surface area contributed by atoms with E-state index in [0.29, 0.717) is 6.54 Å². The summed E-state index contributed by atoms with van der Waals surface area (Å²) in [7, 11) is 0. The summed E-state index contributed by atoms with van der Waals surface area (Å²) in [6, 6.07) is 9.98. The van der Waals surface area contributed by atoms with Crippen LogP contribution in [-0.2, 0) is 0 Å². The molecule has 0 aromatic heterocycles. The molecular formula is C15H23N3O2. The van der Waals surface area contributed by atoms with E-state index in [9.17, 15) is 5.11 Å². The molecular weight excluding hydrogens is 254 g/mol. The quantitative estimate of drug-likeness (QED) is 0.282. The van der Waals surface area contributed by atoms with Crippen LogP contribution in [0.15, 0.2) is 35.5 Å². The Hall–Kier alpha value is -1.59. The summed E-state index contributed by atoms with van der Waals surface area (Å²) < 4.78 is 0. The molecule has 0 heterocycles. The third-order valence-corrected chi connectivity index (χ3v) is 4.46. The Morgan fingerprint density at radius 2 is 2.10 bits per heavy atom. The molecule has 1 aliphatic rings. The summed E-state index contributed by atoms with van der Waals surface area (Å²) in [5, 5.41) is 25.3. The minimum atomic E-state index is -0.265. The number of benzene rings is 1. The average molecular weight is 277 g/mol. The van der Waals surface area contributed by atoms with Crippen LogP contribution in [0.3, 0.4) is 0 Å². The second kappa shape index (κ2) is 5.81. The van der Waals surface area contributed by atoms with Gasteiger partial charge in [-0.25, -0.2) is 0 Å². The molecule has 0 aliphatic heterocycles. The van der Waals surface area contributed by atoms with Crippen molar-refractivity contribution in [3.63, 3.8) is 0 Å². The maximum atomic E-state index is 9.76. The minimum absolute atomic E-state index is 0.133. The number of nitrogens with zero attached hydrogens (tertiary/aromatic N) is 1. The first kappa shape index (κ1) is 14.8. The van der Waals surface area contributed by atoms with Crippen LogP contribution >= 0.6 is 0 Å². The summed E-state index contributed by atoms with van der Waals surface area (Å²) in [6.45, 7) is 4.67. The van der Waals surface area contributed by atoms with Gasteiger partial charge in [0.05, 0.1) is 12.0 Å². The van der Waals surface area contributed by atoms with Crippen LogP contribution in [0.1, 0.15) is 31.7 Å². The van der Waals surface area contributed by atoms with Crippen molar-refractivity contribution in [1.82, 2.24) is 5.32 Å². The second-order valence-corrected chi connectivity index (χ2v) is 6.02. The highest BCUT2D eigenvalue weighted by molar-refractivity contribution is 5.87. The van der Waals surface area contributed by atoms with E-state index in [-0.39, 0.29) is 29.3 Å².